The fourth-order valence-corrected chi connectivity index (χ4v) is 2.28. The molecule has 1 aromatic rings. The van der Waals surface area contributed by atoms with E-state index in [0.717, 1.165) is 32.2 Å². The van der Waals surface area contributed by atoms with Crippen LogP contribution in [0.2, 0.25) is 0 Å². The highest BCUT2D eigenvalue weighted by Crippen LogP contribution is 2.29. The molecule has 1 heterocycles. The quantitative estimate of drug-likeness (QED) is 0.782. The second-order valence-electron chi connectivity index (χ2n) is 4.43. The van der Waals surface area contributed by atoms with E-state index in [-0.39, 0.29) is 5.91 Å². The van der Waals surface area contributed by atoms with Crippen LogP contribution in [-0.4, -0.2) is 28.4 Å². The number of amides is 1. The molecule has 0 bridgehead atoms. The summed E-state index contributed by atoms with van der Waals surface area (Å²) in [6.45, 7) is 3.01. The van der Waals surface area contributed by atoms with E-state index in [4.69, 9.17) is 0 Å². The highest BCUT2D eigenvalue weighted by molar-refractivity contribution is 9.10. The molecule has 1 aliphatic carbocycles. The van der Waals surface area contributed by atoms with E-state index in [1.54, 1.807) is 6.20 Å². The summed E-state index contributed by atoms with van der Waals surface area (Å²) in [6, 6.07) is 4.10. The Morgan fingerprint density at radius 3 is 2.94 bits per heavy atom. The average molecular weight is 297 g/mol. The molecule has 0 atom stereocenters. The fraction of sp³-hybridized carbons (Fsp3) is 0.538. The Bertz CT molecular complexity index is 404. The topological polar surface area (TPSA) is 33.2 Å². The van der Waals surface area contributed by atoms with Crippen molar-refractivity contribution in [1.29, 1.82) is 0 Å². The predicted molar refractivity (Wildman–Crippen MR) is 70.9 cm³/mol. The monoisotopic (exact) mass is 296 g/mol. The van der Waals surface area contributed by atoms with Crippen LogP contribution in [0.4, 0.5) is 0 Å². The molecule has 0 aliphatic heterocycles. The second-order valence-corrected chi connectivity index (χ2v) is 5.18. The molecule has 17 heavy (non-hydrogen) atoms. The lowest BCUT2D eigenvalue weighted by atomic mass is 10.2. The minimum atomic E-state index is 0.112. The average Bonchev–Trinajstić information content (AvgIpc) is 3.14. The molecule has 92 valence electrons. The maximum Gasteiger partial charge on any atom is 0.256 e. The van der Waals surface area contributed by atoms with Crippen LogP contribution in [0.3, 0.4) is 0 Å². The molecule has 1 amide bonds. The molecule has 3 nitrogen and oxygen atoms in total. The van der Waals surface area contributed by atoms with E-state index >= 15 is 0 Å². The Balaban J connectivity index is 2.13. The van der Waals surface area contributed by atoms with Gasteiger partial charge in [-0.1, -0.05) is 13.3 Å². The van der Waals surface area contributed by atoms with Gasteiger partial charge >= 0.3 is 0 Å². The minimum absolute atomic E-state index is 0.112. The van der Waals surface area contributed by atoms with Crippen LogP contribution in [0.25, 0.3) is 0 Å². The number of halogens is 1. The number of nitrogens with zero attached hydrogens (tertiary/aromatic N) is 2. The van der Waals surface area contributed by atoms with Gasteiger partial charge in [0, 0.05) is 18.8 Å². The van der Waals surface area contributed by atoms with Crippen molar-refractivity contribution in [2.45, 2.75) is 38.6 Å². The zero-order chi connectivity index (χ0) is 12.3. The Kier molecular flexibility index (Phi) is 4.15. The molecule has 1 aliphatic rings. The van der Waals surface area contributed by atoms with Crippen molar-refractivity contribution in [3.05, 3.63) is 28.5 Å². The van der Waals surface area contributed by atoms with E-state index in [9.17, 15) is 4.79 Å². The van der Waals surface area contributed by atoms with E-state index in [1.807, 2.05) is 17.0 Å². The maximum absolute atomic E-state index is 12.4. The van der Waals surface area contributed by atoms with Crippen LogP contribution in [0.15, 0.2) is 22.9 Å². The van der Waals surface area contributed by atoms with Crippen LogP contribution in [0.1, 0.15) is 43.0 Å². The number of rotatable bonds is 5. The van der Waals surface area contributed by atoms with Crippen LogP contribution >= 0.6 is 15.9 Å². The van der Waals surface area contributed by atoms with Crippen molar-refractivity contribution in [2.75, 3.05) is 6.54 Å². The summed E-state index contributed by atoms with van der Waals surface area (Å²) in [5.74, 6) is 0.112. The first-order valence-corrected chi connectivity index (χ1v) is 6.94. The highest BCUT2D eigenvalue weighted by atomic mass is 79.9. The SMILES string of the molecule is CCCCN(C(=O)c1cccnc1Br)C1CC1. The van der Waals surface area contributed by atoms with Crippen LogP contribution in [0, 0.1) is 0 Å². The molecule has 1 aromatic heterocycles. The van der Waals surface area contributed by atoms with Crippen LogP contribution < -0.4 is 0 Å². The van der Waals surface area contributed by atoms with Crippen molar-refractivity contribution in [1.82, 2.24) is 9.88 Å². The summed E-state index contributed by atoms with van der Waals surface area (Å²) >= 11 is 3.34. The van der Waals surface area contributed by atoms with E-state index < -0.39 is 0 Å². The summed E-state index contributed by atoms with van der Waals surface area (Å²) < 4.78 is 0.646. The number of aromatic nitrogens is 1. The maximum atomic E-state index is 12.4. The summed E-state index contributed by atoms with van der Waals surface area (Å²) in [4.78, 5) is 18.5. The van der Waals surface area contributed by atoms with Crippen molar-refractivity contribution in [3.8, 4) is 0 Å². The third kappa shape index (κ3) is 3.06. The molecule has 1 saturated carbocycles. The fourth-order valence-electron chi connectivity index (χ4n) is 1.86. The first-order chi connectivity index (χ1) is 8.24. The van der Waals surface area contributed by atoms with Crippen molar-refractivity contribution >= 4 is 21.8 Å². The zero-order valence-electron chi connectivity index (χ0n) is 10.0. The van der Waals surface area contributed by atoms with Gasteiger partial charge in [-0.15, -0.1) is 0 Å². The van der Waals surface area contributed by atoms with Gasteiger partial charge in [-0.25, -0.2) is 4.98 Å². The smallest absolute Gasteiger partial charge is 0.256 e. The first kappa shape index (κ1) is 12.6. The predicted octanol–water partition coefficient (Wildman–Crippen LogP) is 3.25. The van der Waals surface area contributed by atoms with Gasteiger partial charge in [0.2, 0.25) is 0 Å². The van der Waals surface area contributed by atoms with Gasteiger partial charge in [-0.2, -0.15) is 0 Å². The summed E-state index contributed by atoms with van der Waals surface area (Å²) in [7, 11) is 0. The van der Waals surface area contributed by atoms with E-state index in [1.165, 1.54) is 0 Å². The van der Waals surface area contributed by atoms with Crippen molar-refractivity contribution < 1.29 is 4.79 Å². The Morgan fingerprint density at radius 1 is 1.59 bits per heavy atom. The molecule has 0 radical (unpaired) electrons. The van der Waals surface area contributed by atoms with Gasteiger partial charge in [-0.05, 0) is 47.3 Å². The first-order valence-electron chi connectivity index (χ1n) is 6.15. The number of hydrogen-bond acceptors (Lipinski definition) is 2. The number of hydrogen-bond donors (Lipinski definition) is 0. The third-order valence-electron chi connectivity index (χ3n) is 2.99. The molecule has 0 N–H and O–H groups in total. The molecule has 0 saturated heterocycles. The number of pyridine rings is 1. The van der Waals surface area contributed by atoms with Gasteiger partial charge in [0.05, 0.1) is 5.56 Å². The van der Waals surface area contributed by atoms with Gasteiger partial charge in [0.1, 0.15) is 4.60 Å². The third-order valence-corrected chi connectivity index (χ3v) is 3.62. The summed E-state index contributed by atoms with van der Waals surface area (Å²) in [5.41, 5.74) is 0.676. The largest absolute Gasteiger partial charge is 0.336 e. The van der Waals surface area contributed by atoms with Gasteiger partial charge in [0.15, 0.2) is 0 Å². The highest BCUT2D eigenvalue weighted by Gasteiger charge is 2.33. The normalized spacial score (nSPS) is 14.7. The molecular weight excluding hydrogens is 280 g/mol. The second kappa shape index (κ2) is 5.63. The van der Waals surface area contributed by atoms with Gasteiger partial charge in [-0.3, -0.25) is 4.79 Å². The molecule has 0 unspecified atom stereocenters. The summed E-state index contributed by atoms with van der Waals surface area (Å²) in [6.07, 6.45) is 6.17. The number of unbranched alkanes of at least 4 members (excludes halogenated alkanes) is 1. The lowest BCUT2D eigenvalue weighted by Gasteiger charge is -2.22. The number of carbonyl (C=O) groups is 1. The molecule has 0 aromatic carbocycles. The van der Waals surface area contributed by atoms with Gasteiger partial charge < -0.3 is 4.90 Å². The Morgan fingerprint density at radius 2 is 2.35 bits per heavy atom. The van der Waals surface area contributed by atoms with Crippen molar-refractivity contribution in [3.63, 3.8) is 0 Å². The minimum Gasteiger partial charge on any atom is -0.336 e. The Labute approximate surface area is 110 Å². The molecular formula is C13H17BrN2O. The lowest BCUT2D eigenvalue weighted by Crippen LogP contribution is -2.34. The molecule has 1 fully saturated rings. The zero-order valence-corrected chi connectivity index (χ0v) is 11.6. The Hall–Kier alpha value is -0.900. The number of carbonyl (C=O) groups excluding carboxylic acids is 1. The van der Waals surface area contributed by atoms with Crippen LogP contribution in [0.5, 0.6) is 0 Å². The van der Waals surface area contributed by atoms with E-state index in [0.29, 0.717) is 16.2 Å². The molecule has 2 rings (SSSR count). The van der Waals surface area contributed by atoms with Crippen LogP contribution in [-0.2, 0) is 0 Å². The molecule has 0 spiro atoms. The van der Waals surface area contributed by atoms with Gasteiger partial charge in [0.25, 0.3) is 5.91 Å². The standard InChI is InChI=1S/C13H17BrN2O/c1-2-3-9-16(10-6-7-10)13(17)11-5-4-8-15-12(11)14/h4-5,8,10H,2-3,6-7,9H2,1H3. The molecule has 4 heteroatoms. The lowest BCUT2D eigenvalue weighted by molar-refractivity contribution is 0.0739. The van der Waals surface area contributed by atoms with Crippen molar-refractivity contribution in [2.24, 2.45) is 0 Å². The van der Waals surface area contributed by atoms with E-state index in [2.05, 4.69) is 27.8 Å². The summed E-state index contributed by atoms with van der Waals surface area (Å²) in [5, 5.41) is 0.